The molecule has 1 aliphatic carbocycles. The summed E-state index contributed by atoms with van der Waals surface area (Å²) in [5.41, 5.74) is 3.64. The minimum Gasteiger partial charge on any atom is -0.462 e. The molecule has 0 fully saturated rings. The number of fused-ring (bicyclic) bond motifs is 1. The zero-order chi connectivity index (χ0) is 21.5. The molecule has 6 nitrogen and oxygen atoms in total. The topological polar surface area (TPSA) is 73.2 Å². The van der Waals surface area contributed by atoms with Crippen LogP contribution in [0.25, 0.3) is 11.0 Å². The Morgan fingerprint density at radius 1 is 1.30 bits per heavy atom. The average molecular weight is 430 g/mol. The number of hydrogen-bond donors (Lipinski definition) is 1. The van der Waals surface area contributed by atoms with Gasteiger partial charge < -0.3 is 14.6 Å². The predicted octanol–water partition coefficient (Wildman–Crippen LogP) is 4.72. The van der Waals surface area contributed by atoms with E-state index >= 15 is 0 Å². The third-order valence-electron chi connectivity index (χ3n) is 5.32. The van der Waals surface area contributed by atoms with Gasteiger partial charge in [0.25, 0.3) is 0 Å². The minimum atomic E-state index is -0.347. The molecule has 1 aliphatic rings. The fraction of sp³-hybridized carbons (Fsp3) is 0.522. The highest BCUT2D eigenvalue weighted by atomic mass is 32.2. The summed E-state index contributed by atoms with van der Waals surface area (Å²) in [5.74, 6) is -0.321. The molecule has 0 radical (unpaired) electrons. The third-order valence-corrected chi connectivity index (χ3v) is 6.41. The van der Waals surface area contributed by atoms with Gasteiger partial charge in [-0.2, -0.15) is 0 Å². The first-order chi connectivity index (χ1) is 14.5. The number of esters is 1. The molecule has 0 aliphatic heterocycles. The molecule has 0 spiro atoms. The number of carbonyl (C=O) groups is 2. The summed E-state index contributed by atoms with van der Waals surface area (Å²) in [5, 5.41) is 3.59. The molecule has 0 unspecified atom stereocenters. The second-order valence-corrected chi connectivity index (χ2v) is 8.78. The number of aryl methyl sites for hydroxylation is 1. The van der Waals surface area contributed by atoms with E-state index in [-0.39, 0.29) is 17.1 Å². The number of hydrogen-bond acceptors (Lipinski definition) is 5. The zero-order valence-corrected chi connectivity index (χ0v) is 18.9. The Hall–Kier alpha value is -2.28. The molecule has 3 rings (SSSR count). The Labute approximate surface area is 182 Å². The lowest BCUT2D eigenvalue weighted by Gasteiger charge is -2.15. The average Bonchev–Trinajstić information content (AvgIpc) is 3.10. The van der Waals surface area contributed by atoms with Gasteiger partial charge in [-0.05, 0) is 71.1 Å². The molecule has 162 valence electrons. The molecule has 1 amide bonds. The van der Waals surface area contributed by atoms with Gasteiger partial charge in [0.2, 0.25) is 5.91 Å². The van der Waals surface area contributed by atoms with Gasteiger partial charge in [-0.3, -0.25) is 4.79 Å². The number of allylic oxidation sites excluding steroid dienone is 1. The monoisotopic (exact) mass is 429 g/mol. The summed E-state index contributed by atoms with van der Waals surface area (Å²) in [7, 11) is 0. The molecule has 0 saturated carbocycles. The Balaban J connectivity index is 1.65. The lowest BCUT2D eigenvalue weighted by atomic mass is 9.97. The molecule has 1 N–H and O–H groups in total. The Morgan fingerprint density at radius 2 is 2.13 bits per heavy atom. The maximum atomic E-state index is 12.6. The summed E-state index contributed by atoms with van der Waals surface area (Å²) in [6.45, 7) is 7.50. The van der Waals surface area contributed by atoms with Gasteiger partial charge in [0.15, 0.2) is 5.16 Å². The highest BCUT2D eigenvalue weighted by Gasteiger charge is 2.20. The minimum absolute atomic E-state index is 0.0262. The van der Waals surface area contributed by atoms with E-state index in [0.717, 1.165) is 35.6 Å². The predicted molar refractivity (Wildman–Crippen MR) is 121 cm³/mol. The lowest BCUT2D eigenvalue weighted by molar-refractivity contribution is -0.120. The number of rotatable bonds is 9. The molecule has 30 heavy (non-hydrogen) atoms. The van der Waals surface area contributed by atoms with Gasteiger partial charge >= 0.3 is 5.97 Å². The van der Waals surface area contributed by atoms with Gasteiger partial charge in [-0.25, -0.2) is 9.78 Å². The number of thioether (sulfide) groups is 1. The van der Waals surface area contributed by atoms with Crippen LogP contribution in [0, 0.1) is 0 Å². The second-order valence-electron chi connectivity index (χ2n) is 7.47. The molecular weight excluding hydrogens is 398 g/mol. The van der Waals surface area contributed by atoms with Gasteiger partial charge in [-0.15, -0.1) is 0 Å². The van der Waals surface area contributed by atoms with E-state index in [2.05, 4.69) is 16.0 Å². The Kier molecular flexibility index (Phi) is 7.96. The number of amides is 1. The van der Waals surface area contributed by atoms with E-state index < -0.39 is 0 Å². The number of aromatic nitrogens is 2. The van der Waals surface area contributed by atoms with Crippen LogP contribution in [-0.4, -0.2) is 39.8 Å². The maximum absolute atomic E-state index is 12.6. The van der Waals surface area contributed by atoms with Crippen LogP contribution in [0.1, 0.15) is 63.2 Å². The first-order valence-corrected chi connectivity index (χ1v) is 11.7. The Morgan fingerprint density at radius 3 is 2.83 bits per heavy atom. The summed E-state index contributed by atoms with van der Waals surface area (Å²) in [6, 6.07) is 5.41. The van der Waals surface area contributed by atoms with E-state index in [0.29, 0.717) is 18.7 Å². The molecule has 0 saturated heterocycles. The fourth-order valence-corrected chi connectivity index (χ4v) is 4.69. The van der Waals surface area contributed by atoms with Crippen molar-refractivity contribution in [2.24, 2.45) is 0 Å². The van der Waals surface area contributed by atoms with Crippen LogP contribution in [0.15, 0.2) is 35.0 Å². The standard InChI is InChI=1S/C23H31N3O3S/c1-4-26-20-12-11-18(22(28)29-5-2)15-19(20)25-23(26)30-16(3)21(27)24-14-13-17-9-7-6-8-10-17/h9,11-12,15-16H,4-8,10,13-14H2,1-3H3,(H,24,27)/t16-/m1/s1. The highest BCUT2D eigenvalue weighted by Crippen LogP contribution is 2.28. The zero-order valence-electron chi connectivity index (χ0n) is 18.1. The van der Waals surface area contributed by atoms with Crippen LogP contribution >= 0.6 is 11.8 Å². The number of benzene rings is 1. The van der Waals surface area contributed by atoms with E-state index in [1.165, 1.54) is 36.6 Å². The molecule has 7 heteroatoms. The van der Waals surface area contributed by atoms with E-state index in [4.69, 9.17) is 9.72 Å². The third kappa shape index (κ3) is 5.45. The van der Waals surface area contributed by atoms with Crippen molar-refractivity contribution in [2.45, 2.75) is 69.8 Å². The van der Waals surface area contributed by atoms with Crippen LogP contribution < -0.4 is 5.32 Å². The van der Waals surface area contributed by atoms with E-state index in [1.807, 2.05) is 19.9 Å². The van der Waals surface area contributed by atoms with Crippen LogP contribution in [0.2, 0.25) is 0 Å². The first-order valence-electron chi connectivity index (χ1n) is 10.8. The van der Waals surface area contributed by atoms with Crippen molar-refractivity contribution >= 4 is 34.7 Å². The van der Waals surface area contributed by atoms with E-state index in [1.54, 1.807) is 19.1 Å². The van der Waals surface area contributed by atoms with Crippen molar-refractivity contribution in [3.63, 3.8) is 0 Å². The normalized spacial score (nSPS) is 15.0. The molecular formula is C23H31N3O3S. The summed E-state index contributed by atoms with van der Waals surface area (Å²) in [6.07, 6.45) is 8.13. The van der Waals surface area contributed by atoms with E-state index in [9.17, 15) is 9.59 Å². The fourth-order valence-electron chi connectivity index (χ4n) is 3.68. The number of nitrogens with zero attached hydrogens (tertiary/aromatic N) is 2. The summed E-state index contributed by atoms with van der Waals surface area (Å²) < 4.78 is 7.16. The van der Waals surface area contributed by atoms with Crippen molar-refractivity contribution in [3.8, 4) is 0 Å². The summed E-state index contributed by atoms with van der Waals surface area (Å²) in [4.78, 5) is 29.3. The quantitative estimate of drug-likeness (QED) is 0.355. The van der Waals surface area contributed by atoms with Crippen molar-refractivity contribution < 1.29 is 14.3 Å². The molecule has 1 heterocycles. The molecule has 0 bridgehead atoms. The number of ether oxygens (including phenoxy) is 1. The van der Waals surface area contributed by atoms with Gasteiger partial charge in [0.1, 0.15) is 0 Å². The van der Waals surface area contributed by atoms with Crippen molar-refractivity contribution in [1.29, 1.82) is 0 Å². The van der Waals surface area contributed by atoms with Crippen LogP contribution in [-0.2, 0) is 16.1 Å². The van der Waals surface area contributed by atoms with Crippen molar-refractivity contribution in [2.75, 3.05) is 13.2 Å². The first kappa shape index (κ1) is 22.4. The van der Waals surface area contributed by atoms with Gasteiger partial charge in [0, 0.05) is 13.1 Å². The molecule has 1 aromatic carbocycles. The number of carbonyl (C=O) groups excluding carboxylic acids is 2. The molecule has 2 aromatic rings. The van der Waals surface area contributed by atoms with Crippen LogP contribution in [0.5, 0.6) is 0 Å². The maximum Gasteiger partial charge on any atom is 0.338 e. The second kappa shape index (κ2) is 10.7. The molecule has 1 aromatic heterocycles. The number of nitrogens with one attached hydrogen (secondary N) is 1. The van der Waals surface area contributed by atoms with Crippen LogP contribution in [0.3, 0.4) is 0 Å². The lowest BCUT2D eigenvalue weighted by Crippen LogP contribution is -2.32. The van der Waals surface area contributed by atoms with Crippen molar-refractivity contribution in [1.82, 2.24) is 14.9 Å². The largest absolute Gasteiger partial charge is 0.462 e. The highest BCUT2D eigenvalue weighted by molar-refractivity contribution is 8.00. The SMILES string of the molecule is CCOC(=O)c1ccc2c(c1)nc(S[C@H](C)C(=O)NCCC1=CCCCC1)n2CC. The van der Waals surface area contributed by atoms with Gasteiger partial charge in [0.05, 0.1) is 28.5 Å². The Bertz CT molecular complexity index is 935. The molecule has 1 atom stereocenters. The van der Waals surface area contributed by atoms with Gasteiger partial charge in [-0.1, -0.05) is 23.4 Å². The smallest absolute Gasteiger partial charge is 0.338 e. The van der Waals surface area contributed by atoms with Crippen molar-refractivity contribution in [3.05, 3.63) is 35.4 Å². The number of imidazole rings is 1. The van der Waals surface area contributed by atoms with Crippen LogP contribution in [0.4, 0.5) is 0 Å². The summed E-state index contributed by atoms with van der Waals surface area (Å²) >= 11 is 1.45.